The van der Waals surface area contributed by atoms with E-state index in [1.54, 1.807) is 0 Å². The molecule has 0 aromatic heterocycles. The van der Waals surface area contributed by atoms with E-state index in [1.165, 1.54) is 17.5 Å². The molecule has 1 aliphatic rings. The standard InChI is InChI=1S/C17H18ClN/c18-16-9-5-4-8-14(16)15-10-11-19-17(15)12-13-6-2-1-3-7-13/h1-9,15,17,19H,10-12H2. The fraction of sp³-hybridized carbons (Fsp3) is 0.294. The summed E-state index contributed by atoms with van der Waals surface area (Å²) in [4.78, 5) is 0. The van der Waals surface area contributed by atoms with Crippen molar-refractivity contribution < 1.29 is 0 Å². The van der Waals surface area contributed by atoms with Crippen LogP contribution in [0, 0.1) is 0 Å². The van der Waals surface area contributed by atoms with Crippen LogP contribution in [0.25, 0.3) is 0 Å². The molecule has 19 heavy (non-hydrogen) atoms. The van der Waals surface area contributed by atoms with Crippen LogP contribution in [-0.2, 0) is 6.42 Å². The highest BCUT2D eigenvalue weighted by molar-refractivity contribution is 6.31. The number of halogens is 1. The van der Waals surface area contributed by atoms with E-state index in [9.17, 15) is 0 Å². The third kappa shape index (κ3) is 2.83. The van der Waals surface area contributed by atoms with Crippen molar-refractivity contribution in [3.8, 4) is 0 Å². The van der Waals surface area contributed by atoms with E-state index in [0.717, 1.165) is 18.0 Å². The molecule has 0 spiro atoms. The zero-order valence-electron chi connectivity index (χ0n) is 10.9. The van der Waals surface area contributed by atoms with Crippen molar-refractivity contribution in [3.63, 3.8) is 0 Å². The molecule has 2 unspecified atom stereocenters. The third-order valence-electron chi connectivity index (χ3n) is 3.95. The second-order valence-corrected chi connectivity index (χ2v) is 5.57. The molecule has 0 amide bonds. The largest absolute Gasteiger partial charge is 0.313 e. The van der Waals surface area contributed by atoms with Crippen molar-refractivity contribution in [1.29, 1.82) is 0 Å². The molecule has 2 aromatic carbocycles. The Bertz CT molecular complexity index is 538. The van der Waals surface area contributed by atoms with Gasteiger partial charge in [-0.25, -0.2) is 0 Å². The first-order chi connectivity index (χ1) is 9.34. The summed E-state index contributed by atoms with van der Waals surface area (Å²) in [6, 6.07) is 19.4. The number of rotatable bonds is 3. The molecule has 1 fully saturated rings. The molecule has 1 saturated heterocycles. The van der Waals surface area contributed by atoms with Crippen LogP contribution in [0.4, 0.5) is 0 Å². The Morgan fingerprint density at radius 1 is 1.00 bits per heavy atom. The van der Waals surface area contributed by atoms with Crippen LogP contribution in [0.1, 0.15) is 23.5 Å². The summed E-state index contributed by atoms with van der Waals surface area (Å²) in [5, 5.41) is 4.52. The van der Waals surface area contributed by atoms with Crippen LogP contribution in [0.2, 0.25) is 5.02 Å². The summed E-state index contributed by atoms with van der Waals surface area (Å²) in [5.41, 5.74) is 2.68. The highest BCUT2D eigenvalue weighted by atomic mass is 35.5. The summed E-state index contributed by atoms with van der Waals surface area (Å²) in [7, 11) is 0. The SMILES string of the molecule is Clc1ccccc1C1CCNC1Cc1ccccc1. The monoisotopic (exact) mass is 271 g/mol. The maximum Gasteiger partial charge on any atom is 0.0441 e. The highest BCUT2D eigenvalue weighted by Crippen LogP contribution is 2.33. The lowest BCUT2D eigenvalue weighted by Gasteiger charge is -2.21. The molecule has 3 rings (SSSR count). The smallest absolute Gasteiger partial charge is 0.0441 e. The molecular weight excluding hydrogens is 254 g/mol. The lowest BCUT2D eigenvalue weighted by atomic mass is 9.88. The van der Waals surface area contributed by atoms with Gasteiger partial charge in [-0.15, -0.1) is 0 Å². The van der Waals surface area contributed by atoms with E-state index in [2.05, 4.69) is 47.8 Å². The molecule has 2 heteroatoms. The van der Waals surface area contributed by atoms with Crippen LogP contribution < -0.4 is 5.32 Å². The Hall–Kier alpha value is -1.31. The third-order valence-corrected chi connectivity index (χ3v) is 4.29. The molecule has 2 aromatic rings. The van der Waals surface area contributed by atoms with Gasteiger partial charge in [-0.05, 0) is 36.6 Å². The molecule has 1 N–H and O–H groups in total. The van der Waals surface area contributed by atoms with Crippen molar-refractivity contribution in [3.05, 3.63) is 70.7 Å². The average molecular weight is 272 g/mol. The highest BCUT2D eigenvalue weighted by Gasteiger charge is 2.29. The molecule has 0 saturated carbocycles. The molecule has 0 bridgehead atoms. The van der Waals surface area contributed by atoms with E-state index in [-0.39, 0.29) is 0 Å². The van der Waals surface area contributed by atoms with Gasteiger partial charge in [0.25, 0.3) is 0 Å². The lowest BCUT2D eigenvalue weighted by molar-refractivity contribution is 0.544. The van der Waals surface area contributed by atoms with E-state index in [0.29, 0.717) is 12.0 Å². The fourth-order valence-corrected chi connectivity index (χ4v) is 3.27. The van der Waals surface area contributed by atoms with Crippen LogP contribution in [0.3, 0.4) is 0 Å². The predicted octanol–water partition coefficient (Wildman–Crippen LogP) is 4.03. The molecule has 1 nitrogen and oxygen atoms in total. The van der Waals surface area contributed by atoms with Gasteiger partial charge in [0.05, 0.1) is 0 Å². The van der Waals surface area contributed by atoms with Gasteiger partial charge in [0.2, 0.25) is 0 Å². The van der Waals surface area contributed by atoms with Crippen molar-refractivity contribution in [1.82, 2.24) is 5.32 Å². The number of benzene rings is 2. The first-order valence-corrected chi connectivity index (χ1v) is 7.24. The Balaban J connectivity index is 1.81. The Labute approximate surface area is 119 Å². The number of hydrogen-bond acceptors (Lipinski definition) is 1. The Morgan fingerprint density at radius 2 is 1.74 bits per heavy atom. The lowest BCUT2D eigenvalue weighted by Crippen LogP contribution is -2.28. The zero-order valence-corrected chi connectivity index (χ0v) is 11.6. The van der Waals surface area contributed by atoms with Crippen molar-refractivity contribution in [2.45, 2.75) is 24.8 Å². The van der Waals surface area contributed by atoms with Crippen LogP contribution >= 0.6 is 11.6 Å². The minimum Gasteiger partial charge on any atom is -0.313 e. The number of hydrogen-bond donors (Lipinski definition) is 1. The van der Waals surface area contributed by atoms with E-state index in [1.807, 2.05) is 12.1 Å². The normalized spacial score (nSPS) is 22.6. The van der Waals surface area contributed by atoms with Gasteiger partial charge in [0.15, 0.2) is 0 Å². The molecule has 1 heterocycles. The molecule has 98 valence electrons. The second-order valence-electron chi connectivity index (χ2n) is 5.17. The molecular formula is C17H18ClN. The zero-order chi connectivity index (χ0) is 13.1. The average Bonchev–Trinajstić information content (AvgIpc) is 2.88. The van der Waals surface area contributed by atoms with Gasteiger partial charge >= 0.3 is 0 Å². The van der Waals surface area contributed by atoms with Crippen LogP contribution in [0.5, 0.6) is 0 Å². The van der Waals surface area contributed by atoms with Gasteiger partial charge in [0, 0.05) is 17.0 Å². The molecule has 1 aliphatic heterocycles. The topological polar surface area (TPSA) is 12.0 Å². The summed E-state index contributed by atoms with van der Waals surface area (Å²) < 4.78 is 0. The quantitative estimate of drug-likeness (QED) is 0.889. The molecule has 2 atom stereocenters. The second kappa shape index (κ2) is 5.77. The predicted molar refractivity (Wildman–Crippen MR) is 80.7 cm³/mol. The van der Waals surface area contributed by atoms with Gasteiger partial charge < -0.3 is 5.32 Å². The van der Waals surface area contributed by atoms with Crippen molar-refractivity contribution in [2.24, 2.45) is 0 Å². The van der Waals surface area contributed by atoms with Gasteiger partial charge in [-0.1, -0.05) is 60.1 Å². The maximum absolute atomic E-state index is 6.34. The van der Waals surface area contributed by atoms with Crippen LogP contribution in [-0.4, -0.2) is 12.6 Å². The molecule has 0 radical (unpaired) electrons. The van der Waals surface area contributed by atoms with Gasteiger partial charge in [-0.3, -0.25) is 0 Å². The van der Waals surface area contributed by atoms with E-state index >= 15 is 0 Å². The summed E-state index contributed by atoms with van der Waals surface area (Å²) in [6.07, 6.45) is 2.23. The van der Waals surface area contributed by atoms with Crippen LogP contribution in [0.15, 0.2) is 54.6 Å². The summed E-state index contributed by atoms with van der Waals surface area (Å²) in [5.74, 6) is 0.522. The maximum atomic E-state index is 6.34. The molecule has 0 aliphatic carbocycles. The first-order valence-electron chi connectivity index (χ1n) is 6.86. The van der Waals surface area contributed by atoms with E-state index in [4.69, 9.17) is 11.6 Å². The van der Waals surface area contributed by atoms with Crippen molar-refractivity contribution in [2.75, 3.05) is 6.54 Å². The van der Waals surface area contributed by atoms with Gasteiger partial charge in [0.1, 0.15) is 0 Å². The van der Waals surface area contributed by atoms with E-state index < -0.39 is 0 Å². The van der Waals surface area contributed by atoms with Gasteiger partial charge in [-0.2, -0.15) is 0 Å². The van der Waals surface area contributed by atoms with Crippen molar-refractivity contribution >= 4 is 11.6 Å². The summed E-state index contributed by atoms with van der Waals surface area (Å²) >= 11 is 6.34. The minimum absolute atomic E-state index is 0.488. The Morgan fingerprint density at radius 3 is 2.53 bits per heavy atom. The first kappa shape index (κ1) is 12.7. The summed E-state index contributed by atoms with van der Waals surface area (Å²) in [6.45, 7) is 1.08. The minimum atomic E-state index is 0.488. The fourth-order valence-electron chi connectivity index (χ4n) is 3.00. The number of nitrogens with one attached hydrogen (secondary N) is 1. The Kier molecular flexibility index (Phi) is 3.86.